The van der Waals surface area contributed by atoms with E-state index in [2.05, 4.69) is 22.6 Å². The number of hydrogen-bond acceptors (Lipinski definition) is 4. The smallest absolute Gasteiger partial charge is 0.497 e. The van der Waals surface area contributed by atoms with Gasteiger partial charge in [-0.3, -0.25) is 0 Å². The van der Waals surface area contributed by atoms with Crippen LogP contribution in [0.3, 0.4) is 0 Å². The molecule has 0 amide bonds. The van der Waals surface area contributed by atoms with Gasteiger partial charge >= 0.3 is 6.36 Å². The Morgan fingerprint density at radius 3 is 2.13 bits per heavy atom. The van der Waals surface area contributed by atoms with Crippen LogP contribution in [0.5, 0.6) is 11.5 Å². The Bertz CT molecular complexity index is 1660. The van der Waals surface area contributed by atoms with E-state index in [0.717, 1.165) is 22.3 Å². The fourth-order valence-electron chi connectivity index (χ4n) is 5.26. The number of nitrogens with zero attached hydrogens (tertiary/aromatic N) is 2. The van der Waals surface area contributed by atoms with Crippen LogP contribution in [0.2, 0.25) is 0 Å². The summed E-state index contributed by atoms with van der Waals surface area (Å²) in [6.07, 6.45) is 6.53. The van der Waals surface area contributed by atoms with Gasteiger partial charge in [0.25, 0.3) is 0 Å². The maximum absolute atomic E-state index is 13.0. The van der Waals surface area contributed by atoms with Crippen molar-refractivity contribution in [1.29, 1.82) is 10.5 Å². The molecule has 192 valence electrons. The van der Waals surface area contributed by atoms with E-state index in [0.29, 0.717) is 33.6 Å². The number of methoxy groups -OCH3 is 1. The summed E-state index contributed by atoms with van der Waals surface area (Å²) < 4.78 is 48.4. The van der Waals surface area contributed by atoms with Gasteiger partial charge in [0.1, 0.15) is 29.1 Å². The Morgan fingerprint density at radius 2 is 1.54 bits per heavy atom. The molecule has 0 aliphatic heterocycles. The van der Waals surface area contributed by atoms with E-state index >= 15 is 0 Å². The number of allylic oxidation sites excluding steroid dienone is 1. The molecule has 2 unspecified atom stereocenters. The lowest BCUT2D eigenvalue weighted by Crippen LogP contribution is -2.17. The molecule has 0 heterocycles. The Hall–Kier alpha value is -5.11. The van der Waals surface area contributed by atoms with Crippen molar-refractivity contribution >= 4 is 5.57 Å². The topological polar surface area (TPSA) is 66.0 Å². The van der Waals surface area contributed by atoms with Crippen molar-refractivity contribution in [3.63, 3.8) is 0 Å². The van der Waals surface area contributed by atoms with Crippen LogP contribution in [0.1, 0.15) is 42.0 Å². The molecule has 0 bridgehead atoms. The molecule has 3 aromatic rings. The predicted octanol–water partition coefficient (Wildman–Crippen LogP) is 7.44. The number of alkyl halides is 3. The third-order valence-corrected chi connectivity index (χ3v) is 6.63. The molecule has 7 heteroatoms. The Labute approximate surface area is 224 Å². The van der Waals surface area contributed by atoms with E-state index in [1.807, 2.05) is 44.2 Å². The second-order valence-corrected chi connectivity index (χ2v) is 8.42. The summed E-state index contributed by atoms with van der Waals surface area (Å²) in [5.41, 5.74) is 5.60. The van der Waals surface area contributed by atoms with Crippen molar-refractivity contribution in [3.05, 3.63) is 76.4 Å². The van der Waals surface area contributed by atoms with Gasteiger partial charge < -0.3 is 9.47 Å². The van der Waals surface area contributed by atoms with Crippen molar-refractivity contribution in [3.8, 4) is 70.6 Å². The number of benzene rings is 3. The molecule has 3 aromatic carbocycles. The number of halogens is 3. The van der Waals surface area contributed by atoms with Gasteiger partial charge in [0.2, 0.25) is 0 Å². The first-order valence-electron chi connectivity index (χ1n) is 12.0. The van der Waals surface area contributed by atoms with E-state index < -0.39 is 23.9 Å². The molecule has 2 aliphatic rings. The highest BCUT2D eigenvalue weighted by atomic mass is 19.4. The van der Waals surface area contributed by atoms with Crippen LogP contribution in [-0.4, -0.2) is 13.5 Å². The maximum atomic E-state index is 13.0. The molecule has 2 atom stereocenters. The first-order chi connectivity index (χ1) is 18.8. The summed E-state index contributed by atoms with van der Waals surface area (Å²) in [7, 11) is 1.53. The predicted molar refractivity (Wildman–Crippen MR) is 142 cm³/mol. The minimum absolute atomic E-state index is 0.0372. The summed E-state index contributed by atoms with van der Waals surface area (Å²) in [4.78, 5) is 0. The minimum atomic E-state index is -4.89. The second kappa shape index (κ2) is 10.3. The summed E-state index contributed by atoms with van der Waals surface area (Å²) in [6, 6.07) is 17.3. The number of fused-ring (bicyclic) bond motifs is 7. The van der Waals surface area contributed by atoms with E-state index in [4.69, 9.17) is 17.6 Å². The zero-order valence-electron chi connectivity index (χ0n) is 21.3. The van der Waals surface area contributed by atoms with E-state index in [9.17, 15) is 23.7 Å². The molecule has 2 aliphatic carbocycles. The molecular formula is C32H21F3N2O2. The zero-order chi connectivity index (χ0) is 28.5. The van der Waals surface area contributed by atoms with Gasteiger partial charge in [0.05, 0.1) is 13.2 Å². The minimum Gasteiger partial charge on any atom is -0.497 e. The third-order valence-electron chi connectivity index (χ3n) is 6.63. The molecule has 4 nitrogen and oxygen atoms in total. The quantitative estimate of drug-likeness (QED) is 0.207. The van der Waals surface area contributed by atoms with Gasteiger partial charge in [-0.2, -0.15) is 10.5 Å². The van der Waals surface area contributed by atoms with E-state index in [1.165, 1.54) is 25.3 Å². The molecule has 0 fully saturated rings. The van der Waals surface area contributed by atoms with E-state index in [-0.39, 0.29) is 5.57 Å². The highest BCUT2D eigenvalue weighted by Gasteiger charge is 2.40. The Morgan fingerprint density at radius 1 is 0.872 bits per heavy atom. The van der Waals surface area contributed by atoms with Gasteiger partial charge in [-0.1, -0.05) is 50.0 Å². The van der Waals surface area contributed by atoms with Crippen LogP contribution < -0.4 is 9.47 Å². The number of ether oxygens (including phenoxy) is 2. The zero-order valence-corrected chi connectivity index (χ0v) is 21.3. The van der Waals surface area contributed by atoms with Crippen LogP contribution in [0.25, 0.3) is 27.8 Å². The number of terminal acetylenes is 2. The highest BCUT2D eigenvalue weighted by Crippen LogP contribution is 2.58. The average Bonchev–Trinajstić information content (AvgIpc) is 3.43. The molecule has 0 aromatic heterocycles. The van der Waals surface area contributed by atoms with Gasteiger partial charge in [0.15, 0.2) is 0 Å². The molecule has 0 radical (unpaired) electrons. The number of nitriles is 2. The lowest BCUT2D eigenvalue weighted by atomic mass is 9.84. The molecule has 0 N–H and O–H groups in total. The maximum Gasteiger partial charge on any atom is 0.573 e. The SMILES string of the molecule is C#C/C(C#N)=C1\c2cc(OC(F)(F)F)ccc2-c2ccc3c(c21)-c1ccc(OC)cc1C3C(C#C)C#N.CC. The van der Waals surface area contributed by atoms with Gasteiger partial charge in [-0.25, -0.2) is 0 Å². The molecular weight excluding hydrogens is 501 g/mol. The second-order valence-electron chi connectivity index (χ2n) is 8.42. The summed E-state index contributed by atoms with van der Waals surface area (Å²) in [5.74, 6) is 3.82. The van der Waals surface area contributed by atoms with Gasteiger partial charge in [-0.15, -0.1) is 26.0 Å². The molecule has 5 rings (SSSR count). The molecule has 39 heavy (non-hydrogen) atoms. The van der Waals surface area contributed by atoms with Crippen LogP contribution >= 0.6 is 0 Å². The van der Waals surface area contributed by atoms with Crippen LogP contribution in [-0.2, 0) is 0 Å². The number of hydrogen-bond donors (Lipinski definition) is 0. The van der Waals surface area contributed by atoms with Crippen molar-refractivity contribution in [2.75, 3.05) is 7.11 Å². The first kappa shape index (κ1) is 26.9. The van der Waals surface area contributed by atoms with Crippen LogP contribution in [0.4, 0.5) is 13.2 Å². The molecule has 0 spiro atoms. The van der Waals surface area contributed by atoms with Crippen LogP contribution in [0.15, 0.2) is 54.1 Å². The Balaban J connectivity index is 0.00000172. The first-order valence-corrected chi connectivity index (χ1v) is 12.0. The lowest BCUT2D eigenvalue weighted by Gasteiger charge is -2.16. The summed E-state index contributed by atoms with van der Waals surface area (Å²) in [5, 5.41) is 19.7. The van der Waals surface area contributed by atoms with Gasteiger partial charge in [-0.05, 0) is 63.2 Å². The Kier molecular flexibility index (Phi) is 7.14. The fraction of sp³-hybridized carbons (Fsp3) is 0.188. The van der Waals surface area contributed by atoms with Crippen LogP contribution in [0, 0.1) is 53.3 Å². The monoisotopic (exact) mass is 522 g/mol. The fourth-order valence-corrected chi connectivity index (χ4v) is 5.26. The lowest BCUT2D eigenvalue weighted by molar-refractivity contribution is -0.274. The standard InChI is InChI=1S/C30H15F3N2O2.C2H6/c1-4-16(14-34)26-23-11-10-21-20-8-7-19(37-30(31,32)33)13-24(20)27(17(5-2)15-35)29(21)28(23)22-9-6-18(36-3)12-25(22)26;1-2/h1-2,6-13,16,26H,3H3;1-2H3/b27-17-;. The van der Waals surface area contributed by atoms with Crippen molar-refractivity contribution in [1.82, 2.24) is 0 Å². The van der Waals surface area contributed by atoms with Crippen molar-refractivity contribution in [2.45, 2.75) is 26.1 Å². The van der Waals surface area contributed by atoms with E-state index in [1.54, 1.807) is 6.07 Å². The molecule has 0 saturated carbocycles. The normalized spacial score (nSPS) is 15.8. The third kappa shape index (κ3) is 4.35. The van der Waals surface area contributed by atoms with Gasteiger partial charge in [0, 0.05) is 17.1 Å². The van der Waals surface area contributed by atoms with Crippen molar-refractivity contribution < 1.29 is 22.6 Å². The summed E-state index contributed by atoms with van der Waals surface area (Å²) >= 11 is 0. The largest absolute Gasteiger partial charge is 0.573 e. The number of rotatable bonds is 3. The van der Waals surface area contributed by atoms with Crippen molar-refractivity contribution in [2.24, 2.45) is 5.92 Å². The molecule has 0 saturated heterocycles. The highest BCUT2D eigenvalue weighted by molar-refractivity contribution is 6.10. The average molecular weight is 523 g/mol. The summed E-state index contributed by atoms with van der Waals surface area (Å²) in [6.45, 7) is 4.00.